The van der Waals surface area contributed by atoms with Gasteiger partial charge < -0.3 is 9.47 Å². The molecule has 1 aliphatic heterocycles. The van der Waals surface area contributed by atoms with E-state index in [9.17, 15) is 12.8 Å². The summed E-state index contributed by atoms with van der Waals surface area (Å²) in [5, 5.41) is 0. The lowest BCUT2D eigenvalue weighted by atomic mass is 10.2. The summed E-state index contributed by atoms with van der Waals surface area (Å²) in [6.45, 7) is 2.45. The summed E-state index contributed by atoms with van der Waals surface area (Å²) in [5.41, 5.74) is 0.801. The monoisotopic (exact) mass is 401 g/mol. The summed E-state index contributed by atoms with van der Waals surface area (Å²) in [6.07, 6.45) is 0. The van der Waals surface area contributed by atoms with Crippen molar-refractivity contribution in [2.75, 3.05) is 17.9 Å². The largest absolute Gasteiger partial charge is 0.486 e. The number of sulfonamides is 1. The highest BCUT2D eigenvalue weighted by Gasteiger charge is 2.23. The number of hydrogen-bond acceptors (Lipinski definition) is 4. The number of aryl methyl sites for hydroxylation is 1. The fourth-order valence-corrected chi connectivity index (χ4v) is 4.31. The SMILES string of the molecule is Cc1ccc(F)cc1NS(=O)(=O)c1cc2c(cc1Br)OCCO2. The van der Waals surface area contributed by atoms with E-state index in [4.69, 9.17) is 9.47 Å². The summed E-state index contributed by atoms with van der Waals surface area (Å²) in [4.78, 5) is -0.00888. The molecule has 2 aromatic carbocycles. The quantitative estimate of drug-likeness (QED) is 0.854. The van der Waals surface area contributed by atoms with Gasteiger partial charge in [-0.15, -0.1) is 0 Å². The van der Waals surface area contributed by atoms with Crippen molar-refractivity contribution >= 4 is 31.6 Å². The number of anilines is 1. The molecule has 0 aliphatic carbocycles. The topological polar surface area (TPSA) is 64.6 Å². The number of fused-ring (bicyclic) bond motifs is 1. The maximum Gasteiger partial charge on any atom is 0.263 e. The highest BCUT2D eigenvalue weighted by molar-refractivity contribution is 9.10. The van der Waals surface area contributed by atoms with E-state index < -0.39 is 15.8 Å². The van der Waals surface area contributed by atoms with Gasteiger partial charge in [0.25, 0.3) is 10.0 Å². The Hall–Kier alpha value is -1.80. The van der Waals surface area contributed by atoms with Gasteiger partial charge in [0.2, 0.25) is 0 Å². The second-order valence-corrected chi connectivity index (χ2v) is 7.50. The van der Waals surface area contributed by atoms with E-state index in [2.05, 4.69) is 20.7 Å². The van der Waals surface area contributed by atoms with Crippen molar-refractivity contribution in [1.82, 2.24) is 0 Å². The number of ether oxygens (including phenoxy) is 2. The van der Waals surface area contributed by atoms with Crippen LogP contribution in [0.4, 0.5) is 10.1 Å². The molecule has 8 heteroatoms. The molecule has 2 aromatic rings. The lowest BCUT2D eigenvalue weighted by Gasteiger charge is -2.20. The second-order valence-electron chi connectivity index (χ2n) is 4.99. The van der Waals surface area contributed by atoms with Gasteiger partial charge in [0.05, 0.1) is 5.69 Å². The minimum atomic E-state index is -3.92. The molecular formula is C15H13BrFNO4S. The minimum absolute atomic E-state index is 0.00888. The van der Waals surface area contributed by atoms with E-state index in [-0.39, 0.29) is 10.6 Å². The molecule has 1 heterocycles. The van der Waals surface area contributed by atoms with E-state index in [0.717, 1.165) is 6.07 Å². The molecule has 23 heavy (non-hydrogen) atoms. The molecule has 0 unspecified atom stereocenters. The molecule has 0 spiro atoms. The maximum absolute atomic E-state index is 13.3. The fourth-order valence-electron chi connectivity index (χ4n) is 2.16. The van der Waals surface area contributed by atoms with E-state index in [1.54, 1.807) is 13.0 Å². The molecule has 0 atom stereocenters. The van der Waals surface area contributed by atoms with Crippen molar-refractivity contribution in [2.24, 2.45) is 0 Å². The van der Waals surface area contributed by atoms with Crippen LogP contribution < -0.4 is 14.2 Å². The normalized spacial score (nSPS) is 13.7. The van der Waals surface area contributed by atoms with Crippen molar-refractivity contribution in [3.8, 4) is 11.5 Å². The van der Waals surface area contributed by atoms with Crippen LogP contribution in [0.3, 0.4) is 0 Å². The first-order chi connectivity index (χ1) is 10.9. The molecule has 0 radical (unpaired) electrons. The van der Waals surface area contributed by atoms with Crippen LogP contribution in [0, 0.1) is 12.7 Å². The first-order valence-electron chi connectivity index (χ1n) is 6.75. The average molecular weight is 402 g/mol. The molecule has 1 aliphatic rings. The molecule has 3 rings (SSSR count). The summed E-state index contributed by atoms with van der Waals surface area (Å²) in [7, 11) is -3.92. The van der Waals surface area contributed by atoms with Gasteiger partial charge in [-0.05, 0) is 46.6 Å². The zero-order valence-electron chi connectivity index (χ0n) is 12.1. The number of rotatable bonds is 3. The lowest BCUT2D eigenvalue weighted by Crippen LogP contribution is -2.18. The Kier molecular flexibility index (Phi) is 4.20. The van der Waals surface area contributed by atoms with Gasteiger partial charge in [0.15, 0.2) is 11.5 Å². The van der Waals surface area contributed by atoms with Gasteiger partial charge in [-0.3, -0.25) is 4.72 Å². The van der Waals surface area contributed by atoms with Crippen LogP contribution in [0.15, 0.2) is 39.7 Å². The molecule has 5 nitrogen and oxygen atoms in total. The third-order valence-corrected chi connectivity index (χ3v) is 5.65. The standard InChI is InChI=1S/C15H13BrFNO4S/c1-9-2-3-10(17)6-12(9)18-23(19,20)15-8-14-13(7-11(15)16)21-4-5-22-14/h2-3,6-8,18H,4-5H2,1H3. The van der Waals surface area contributed by atoms with Crippen LogP contribution in [-0.2, 0) is 10.0 Å². The highest BCUT2D eigenvalue weighted by atomic mass is 79.9. The molecule has 0 amide bonds. The number of hydrogen-bond donors (Lipinski definition) is 1. The molecule has 0 aromatic heterocycles. The fraction of sp³-hybridized carbons (Fsp3) is 0.200. The van der Waals surface area contributed by atoms with Gasteiger partial charge >= 0.3 is 0 Å². The van der Waals surface area contributed by atoms with Crippen LogP contribution in [0.5, 0.6) is 11.5 Å². The van der Waals surface area contributed by atoms with Crippen LogP contribution in [0.25, 0.3) is 0 Å². The Balaban J connectivity index is 2.01. The van der Waals surface area contributed by atoms with Crippen molar-refractivity contribution in [2.45, 2.75) is 11.8 Å². The first-order valence-corrected chi connectivity index (χ1v) is 9.02. The van der Waals surface area contributed by atoms with Crippen LogP contribution in [0.1, 0.15) is 5.56 Å². The average Bonchev–Trinajstić information content (AvgIpc) is 2.50. The smallest absolute Gasteiger partial charge is 0.263 e. The molecule has 0 saturated heterocycles. The Morgan fingerprint density at radius 1 is 1.13 bits per heavy atom. The van der Waals surface area contributed by atoms with Crippen LogP contribution in [-0.4, -0.2) is 21.6 Å². The number of benzene rings is 2. The highest BCUT2D eigenvalue weighted by Crippen LogP contribution is 2.38. The molecular weight excluding hydrogens is 389 g/mol. The van der Waals surface area contributed by atoms with E-state index in [1.165, 1.54) is 18.2 Å². The van der Waals surface area contributed by atoms with Gasteiger partial charge in [0, 0.05) is 10.5 Å². The molecule has 0 bridgehead atoms. The van der Waals surface area contributed by atoms with E-state index >= 15 is 0 Å². The third-order valence-electron chi connectivity index (χ3n) is 3.33. The summed E-state index contributed by atoms with van der Waals surface area (Å²) < 4.78 is 52.1. The van der Waals surface area contributed by atoms with Crippen molar-refractivity contribution in [3.63, 3.8) is 0 Å². The Morgan fingerprint density at radius 2 is 1.78 bits per heavy atom. The first kappa shape index (κ1) is 16.1. The zero-order chi connectivity index (χ0) is 16.6. The van der Waals surface area contributed by atoms with Gasteiger partial charge in [-0.25, -0.2) is 12.8 Å². The van der Waals surface area contributed by atoms with Gasteiger partial charge in [-0.2, -0.15) is 0 Å². The Labute approximate surface area is 141 Å². The van der Waals surface area contributed by atoms with Crippen molar-refractivity contribution in [3.05, 3.63) is 46.2 Å². The minimum Gasteiger partial charge on any atom is -0.486 e. The Morgan fingerprint density at radius 3 is 2.48 bits per heavy atom. The predicted octanol–water partition coefficient (Wildman–Crippen LogP) is 3.47. The second kappa shape index (κ2) is 6.01. The molecule has 122 valence electrons. The number of nitrogens with one attached hydrogen (secondary N) is 1. The van der Waals surface area contributed by atoms with Crippen molar-refractivity contribution in [1.29, 1.82) is 0 Å². The van der Waals surface area contributed by atoms with E-state index in [1.807, 2.05) is 0 Å². The lowest BCUT2D eigenvalue weighted by molar-refractivity contribution is 0.171. The van der Waals surface area contributed by atoms with E-state index in [0.29, 0.717) is 34.7 Å². The summed E-state index contributed by atoms with van der Waals surface area (Å²) >= 11 is 3.23. The molecule has 1 N–H and O–H groups in total. The van der Waals surface area contributed by atoms with Crippen LogP contribution in [0.2, 0.25) is 0 Å². The molecule has 0 fully saturated rings. The van der Waals surface area contributed by atoms with Crippen molar-refractivity contribution < 1.29 is 22.3 Å². The maximum atomic E-state index is 13.3. The van der Waals surface area contributed by atoms with Gasteiger partial charge in [-0.1, -0.05) is 6.07 Å². The summed E-state index contributed by atoms with van der Waals surface area (Å²) in [5.74, 6) is 0.314. The predicted molar refractivity (Wildman–Crippen MR) is 87.1 cm³/mol. The van der Waals surface area contributed by atoms with Crippen LogP contribution >= 0.6 is 15.9 Å². The number of halogens is 2. The molecule has 0 saturated carbocycles. The summed E-state index contributed by atoms with van der Waals surface area (Å²) in [6, 6.07) is 6.84. The third kappa shape index (κ3) is 3.28. The Bertz CT molecular complexity index is 870. The zero-order valence-corrected chi connectivity index (χ0v) is 14.5. The van der Waals surface area contributed by atoms with Gasteiger partial charge in [0.1, 0.15) is 23.9 Å².